The van der Waals surface area contributed by atoms with Gasteiger partial charge < -0.3 is 16.4 Å². The number of anilines is 2. The van der Waals surface area contributed by atoms with Gasteiger partial charge in [0.05, 0.1) is 0 Å². The van der Waals surface area contributed by atoms with Crippen LogP contribution in [0.2, 0.25) is 5.02 Å². The molecule has 2 amide bonds. The van der Waals surface area contributed by atoms with Gasteiger partial charge in [-0.25, -0.2) is 0 Å². The molecule has 0 heterocycles. The molecule has 0 spiro atoms. The zero-order valence-electron chi connectivity index (χ0n) is 13.9. The molecule has 0 radical (unpaired) electrons. The molecule has 132 valence electrons. The third kappa shape index (κ3) is 6.85. The first-order valence-electron chi connectivity index (χ1n) is 8.20. The van der Waals surface area contributed by atoms with Crippen molar-refractivity contribution in [3.05, 3.63) is 59.1 Å². The molecule has 2 rings (SSSR count). The van der Waals surface area contributed by atoms with Crippen LogP contribution in [-0.4, -0.2) is 18.4 Å². The highest BCUT2D eigenvalue weighted by molar-refractivity contribution is 6.30. The van der Waals surface area contributed by atoms with Gasteiger partial charge in [-0.15, -0.1) is 0 Å². The second-order valence-electron chi connectivity index (χ2n) is 5.71. The summed E-state index contributed by atoms with van der Waals surface area (Å²) in [6, 6.07) is 14.5. The molecule has 25 heavy (non-hydrogen) atoms. The number of nitrogens with two attached hydrogens (primary N) is 1. The Labute approximate surface area is 152 Å². The Bertz CT molecular complexity index is 717. The first-order chi connectivity index (χ1) is 12.0. The van der Waals surface area contributed by atoms with Gasteiger partial charge in [0.15, 0.2) is 0 Å². The monoisotopic (exact) mass is 359 g/mol. The molecule has 0 aliphatic carbocycles. The number of rotatable bonds is 8. The Morgan fingerprint density at radius 3 is 2.40 bits per heavy atom. The lowest BCUT2D eigenvalue weighted by Crippen LogP contribution is -2.25. The van der Waals surface area contributed by atoms with Gasteiger partial charge in [0.1, 0.15) is 0 Å². The largest absolute Gasteiger partial charge is 0.399 e. The van der Waals surface area contributed by atoms with Crippen molar-refractivity contribution in [3.8, 4) is 0 Å². The van der Waals surface area contributed by atoms with Crippen molar-refractivity contribution in [1.29, 1.82) is 0 Å². The third-order valence-electron chi connectivity index (χ3n) is 3.71. The van der Waals surface area contributed by atoms with Gasteiger partial charge in [0.2, 0.25) is 11.8 Å². The van der Waals surface area contributed by atoms with Crippen molar-refractivity contribution >= 4 is 34.8 Å². The van der Waals surface area contributed by atoms with Gasteiger partial charge in [0.25, 0.3) is 0 Å². The molecular formula is C19H22ClN3O2. The molecule has 0 aliphatic rings. The summed E-state index contributed by atoms with van der Waals surface area (Å²) in [5.74, 6) is -0.130. The van der Waals surface area contributed by atoms with Crippen LogP contribution in [0.15, 0.2) is 48.5 Å². The Hall–Kier alpha value is -2.53. The lowest BCUT2D eigenvalue weighted by molar-refractivity contribution is -0.121. The first kappa shape index (κ1) is 18.8. The van der Waals surface area contributed by atoms with E-state index in [2.05, 4.69) is 10.6 Å². The van der Waals surface area contributed by atoms with Gasteiger partial charge in [-0.2, -0.15) is 0 Å². The average Bonchev–Trinajstić information content (AvgIpc) is 2.60. The maximum Gasteiger partial charge on any atom is 0.224 e. The minimum absolute atomic E-state index is 0.0404. The molecule has 0 saturated carbocycles. The highest BCUT2D eigenvalue weighted by Crippen LogP contribution is 2.14. The summed E-state index contributed by atoms with van der Waals surface area (Å²) in [6.45, 7) is 0.469. The third-order valence-corrected chi connectivity index (χ3v) is 3.96. The number of amides is 2. The fourth-order valence-corrected chi connectivity index (χ4v) is 2.46. The molecule has 0 fully saturated rings. The van der Waals surface area contributed by atoms with Gasteiger partial charge >= 0.3 is 0 Å². The number of nitrogens with one attached hydrogen (secondary N) is 2. The Kier molecular flexibility index (Phi) is 7.29. The van der Waals surface area contributed by atoms with Crippen molar-refractivity contribution in [1.82, 2.24) is 5.32 Å². The van der Waals surface area contributed by atoms with Crippen LogP contribution in [0.25, 0.3) is 0 Å². The van der Waals surface area contributed by atoms with Crippen molar-refractivity contribution in [2.45, 2.75) is 25.7 Å². The fourth-order valence-electron chi connectivity index (χ4n) is 2.33. The lowest BCUT2D eigenvalue weighted by atomic mass is 10.1. The van der Waals surface area contributed by atoms with Gasteiger partial charge in [-0.3, -0.25) is 9.59 Å². The quantitative estimate of drug-likeness (QED) is 0.499. The van der Waals surface area contributed by atoms with Crippen LogP contribution < -0.4 is 16.4 Å². The molecule has 5 nitrogen and oxygen atoms in total. The zero-order chi connectivity index (χ0) is 18.1. The van der Waals surface area contributed by atoms with Crippen molar-refractivity contribution < 1.29 is 9.59 Å². The molecule has 0 saturated heterocycles. The maximum atomic E-state index is 11.8. The van der Waals surface area contributed by atoms with Gasteiger partial charge in [-0.05, 0) is 48.7 Å². The van der Waals surface area contributed by atoms with E-state index in [4.69, 9.17) is 17.3 Å². The molecule has 2 aromatic carbocycles. The summed E-state index contributed by atoms with van der Waals surface area (Å²) >= 11 is 5.79. The SMILES string of the molecule is Nc1ccccc1CCC(=O)NCCCC(=O)Nc1ccc(Cl)cc1. The van der Waals surface area contributed by atoms with Crippen LogP contribution in [0.5, 0.6) is 0 Å². The Morgan fingerprint density at radius 2 is 1.68 bits per heavy atom. The number of aryl methyl sites for hydroxylation is 1. The number of carbonyl (C=O) groups is 2. The normalized spacial score (nSPS) is 10.3. The van der Waals surface area contributed by atoms with E-state index in [0.717, 1.165) is 5.56 Å². The summed E-state index contributed by atoms with van der Waals surface area (Å²) in [6.07, 6.45) is 1.91. The second kappa shape index (κ2) is 9.69. The molecule has 0 aliphatic heterocycles. The van der Waals surface area contributed by atoms with E-state index >= 15 is 0 Å². The van der Waals surface area contributed by atoms with Gasteiger partial charge in [0, 0.05) is 35.8 Å². The predicted molar refractivity (Wildman–Crippen MR) is 102 cm³/mol. The van der Waals surface area contributed by atoms with E-state index in [1.807, 2.05) is 24.3 Å². The lowest BCUT2D eigenvalue weighted by Gasteiger charge is -2.08. The van der Waals surface area contributed by atoms with Crippen LogP contribution in [0.4, 0.5) is 11.4 Å². The minimum Gasteiger partial charge on any atom is -0.399 e. The minimum atomic E-state index is -0.0892. The second-order valence-corrected chi connectivity index (χ2v) is 6.14. The van der Waals surface area contributed by atoms with E-state index in [0.29, 0.717) is 48.6 Å². The zero-order valence-corrected chi connectivity index (χ0v) is 14.7. The maximum absolute atomic E-state index is 11.8. The summed E-state index contributed by atoms with van der Waals surface area (Å²) in [5, 5.41) is 6.23. The molecular weight excluding hydrogens is 338 g/mol. The van der Waals surface area contributed by atoms with Gasteiger partial charge in [-0.1, -0.05) is 29.8 Å². The predicted octanol–water partition coefficient (Wildman–Crippen LogP) is 3.39. The average molecular weight is 360 g/mol. The summed E-state index contributed by atoms with van der Waals surface area (Å²) < 4.78 is 0. The van der Waals surface area contributed by atoms with E-state index < -0.39 is 0 Å². The van der Waals surface area contributed by atoms with Crippen molar-refractivity contribution in [3.63, 3.8) is 0 Å². The smallest absolute Gasteiger partial charge is 0.224 e. The number of hydrogen-bond acceptors (Lipinski definition) is 3. The summed E-state index contributed by atoms with van der Waals surface area (Å²) in [4.78, 5) is 23.6. The van der Waals surface area contributed by atoms with Crippen LogP contribution in [0.3, 0.4) is 0 Å². The van der Waals surface area contributed by atoms with Crippen molar-refractivity contribution in [2.24, 2.45) is 0 Å². The highest BCUT2D eigenvalue weighted by atomic mass is 35.5. The summed E-state index contributed by atoms with van der Waals surface area (Å²) in [5.41, 5.74) is 8.23. The van der Waals surface area contributed by atoms with E-state index in [1.165, 1.54) is 0 Å². The Morgan fingerprint density at radius 1 is 0.960 bits per heavy atom. The highest BCUT2D eigenvalue weighted by Gasteiger charge is 2.06. The van der Waals surface area contributed by atoms with Crippen LogP contribution in [-0.2, 0) is 16.0 Å². The van der Waals surface area contributed by atoms with Crippen LogP contribution >= 0.6 is 11.6 Å². The molecule has 0 unspecified atom stereocenters. The molecule has 4 N–H and O–H groups in total. The molecule has 0 bridgehead atoms. The van der Waals surface area contributed by atoms with Crippen LogP contribution in [0.1, 0.15) is 24.8 Å². The topological polar surface area (TPSA) is 84.2 Å². The fraction of sp³-hybridized carbons (Fsp3) is 0.263. The first-order valence-corrected chi connectivity index (χ1v) is 8.58. The Balaban J connectivity index is 1.60. The number of halogens is 1. The number of carbonyl (C=O) groups excluding carboxylic acids is 2. The van der Waals surface area contributed by atoms with E-state index in [-0.39, 0.29) is 11.8 Å². The summed E-state index contributed by atoms with van der Waals surface area (Å²) in [7, 11) is 0. The number of para-hydroxylation sites is 1. The molecule has 0 aromatic heterocycles. The number of benzene rings is 2. The molecule has 0 atom stereocenters. The van der Waals surface area contributed by atoms with E-state index in [9.17, 15) is 9.59 Å². The van der Waals surface area contributed by atoms with Crippen LogP contribution in [0, 0.1) is 0 Å². The molecule has 2 aromatic rings. The van der Waals surface area contributed by atoms with E-state index in [1.54, 1.807) is 24.3 Å². The standard InChI is InChI=1S/C19H22ClN3O2/c20-15-8-10-16(11-9-15)23-19(25)6-3-13-22-18(24)12-7-14-4-1-2-5-17(14)21/h1-2,4-5,8-11H,3,6-7,12-13,21H2,(H,22,24)(H,23,25). The number of nitrogen functional groups attached to an aromatic ring is 1. The van der Waals surface area contributed by atoms with Crippen molar-refractivity contribution in [2.75, 3.05) is 17.6 Å². The number of hydrogen-bond donors (Lipinski definition) is 3. The molecule has 6 heteroatoms.